The van der Waals surface area contributed by atoms with Gasteiger partial charge in [-0.15, -0.1) is 0 Å². The first-order valence-corrected chi connectivity index (χ1v) is 7.28. The zero-order valence-electron chi connectivity index (χ0n) is 10.7. The molecule has 0 aromatic heterocycles. The molecule has 2 rings (SSSR count). The van der Waals surface area contributed by atoms with Crippen molar-refractivity contribution in [1.29, 1.82) is 0 Å². The molecule has 1 unspecified atom stereocenters. The lowest BCUT2D eigenvalue weighted by molar-refractivity contribution is 0.174. The fourth-order valence-corrected chi connectivity index (χ4v) is 2.96. The second-order valence-electron chi connectivity index (χ2n) is 5.18. The number of halogens is 1. The third-order valence-corrected chi connectivity index (χ3v) is 4.15. The Bertz CT molecular complexity index is 363. The second kappa shape index (κ2) is 7.13. The molecule has 0 saturated heterocycles. The largest absolute Gasteiger partial charge is 0.387 e. The summed E-state index contributed by atoms with van der Waals surface area (Å²) < 4.78 is 0. The van der Waals surface area contributed by atoms with Crippen molar-refractivity contribution in [3.63, 3.8) is 0 Å². The van der Waals surface area contributed by atoms with E-state index in [-0.39, 0.29) is 0 Å². The Morgan fingerprint density at radius 3 is 2.72 bits per heavy atom. The lowest BCUT2D eigenvalue weighted by Gasteiger charge is -2.15. The fraction of sp³-hybridized carbons (Fsp3) is 0.600. The van der Waals surface area contributed by atoms with Crippen molar-refractivity contribution in [1.82, 2.24) is 5.32 Å². The molecule has 0 aliphatic heterocycles. The summed E-state index contributed by atoms with van der Waals surface area (Å²) in [6.45, 7) is 1.57. The highest BCUT2D eigenvalue weighted by molar-refractivity contribution is 6.31. The lowest BCUT2D eigenvalue weighted by Crippen LogP contribution is -2.23. The topological polar surface area (TPSA) is 32.3 Å². The number of nitrogens with one attached hydrogen (secondary N) is 1. The molecule has 1 aliphatic rings. The Morgan fingerprint density at radius 2 is 2.00 bits per heavy atom. The first kappa shape index (κ1) is 13.9. The quantitative estimate of drug-likeness (QED) is 0.773. The number of hydrogen-bond donors (Lipinski definition) is 2. The predicted molar refractivity (Wildman–Crippen MR) is 75.9 cm³/mol. The fourth-order valence-electron chi connectivity index (χ4n) is 2.70. The summed E-state index contributed by atoms with van der Waals surface area (Å²) in [5.41, 5.74) is 0.813. The summed E-state index contributed by atoms with van der Waals surface area (Å²) in [7, 11) is 0. The summed E-state index contributed by atoms with van der Waals surface area (Å²) in [4.78, 5) is 0. The van der Waals surface area contributed by atoms with Crippen molar-refractivity contribution in [3.8, 4) is 0 Å². The molecule has 1 saturated carbocycles. The zero-order valence-corrected chi connectivity index (χ0v) is 11.5. The highest BCUT2D eigenvalue weighted by Gasteiger charge is 2.15. The first-order valence-electron chi connectivity index (χ1n) is 6.90. The van der Waals surface area contributed by atoms with Gasteiger partial charge in [0.2, 0.25) is 0 Å². The van der Waals surface area contributed by atoms with Crippen LogP contribution in [0.15, 0.2) is 24.3 Å². The normalized spacial score (nSPS) is 18.1. The van der Waals surface area contributed by atoms with Crippen LogP contribution in [0.2, 0.25) is 5.02 Å². The predicted octanol–water partition coefficient (Wildman–Crippen LogP) is 3.54. The average Bonchev–Trinajstić information content (AvgIpc) is 2.88. The van der Waals surface area contributed by atoms with E-state index in [9.17, 15) is 5.11 Å². The van der Waals surface area contributed by atoms with Gasteiger partial charge in [0, 0.05) is 17.1 Å². The monoisotopic (exact) mass is 267 g/mol. The van der Waals surface area contributed by atoms with E-state index in [0.29, 0.717) is 11.6 Å². The summed E-state index contributed by atoms with van der Waals surface area (Å²) >= 11 is 6.05. The third-order valence-electron chi connectivity index (χ3n) is 3.81. The maximum absolute atomic E-state index is 10.0. The van der Waals surface area contributed by atoms with Crippen molar-refractivity contribution < 1.29 is 5.11 Å². The van der Waals surface area contributed by atoms with E-state index in [1.165, 1.54) is 32.1 Å². The van der Waals surface area contributed by atoms with Crippen molar-refractivity contribution in [2.24, 2.45) is 5.92 Å². The number of hydrogen-bond acceptors (Lipinski definition) is 2. The number of benzene rings is 1. The third kappa shape index (κ3) is 3.98. The maximum atomic E-state index is 10.0. The molecule has 100 valence electrons. The number of rotatable bonds is 6. The zero-order chi connectivity index (χ0) is 12.8. The SMILES string of the molecule is OC(CNCCC1CCCC1)c1ccccc1Cl. The average molecular weight is 268 g/mol. The van der Waals surface area contributed by atoms with Crippen LogP contribution in [0.5, 0.6) is 0 Å². The maximum Gasteiger partial charge on any atom is 0.0928 e. The van der Waals surface area contributed by atoms with Crippen LogP contribution in [0.25, 0.3) is 0 Å². The van der Waals surface area contributed by atoms with Gasteiger partial charge in [-0.2, -0.15) is 0 Å². The molecule has 0 spiro atoms. The van der Waals surface area contributed by atoms with Gasteiger partial charge in [-0.05, 0) is 24.9 Å². The molecular formula is C15H22ClNO. The van der Waals surface area contributed by atoms with Crippen LogP contribution in [-0.4, -0.2) is 18.2 Å². The smallest absolute Gasteiger partial charge is 0.0928 e. The van der Waals surface area contributed by atoms with E-state index >= 15 is 0 Å². The Labute approximate surface area is 114 Å². The standard InChI is InChI=1S/C15H22ClNO/c16-14-8-4-3-7-13(14)15(18)11-17-10-9-12-5-1-2-6-12/h3-4,7-8,12,15,17-18H,1-2,5-6,9-11H2. The molecule has 18 heavy (non-hydrogen) atoms. The molecule has 1 aromatic carbocycles. The molecule has 1 fully saturated rings. The summed E-state index contributed by atoms with van der Waals surface area (Å²) in [5, 5.41) is 14.0. The van der Waals surface area contributed by atoms with Gasteiger partial charge in [-0.25, -0.2) is 0 Å². The van der Waals surface area contributed by atoms with Crippen LogP contribution >= 0.6 is 11.6 Å². The molecule has 0 radical (unpaired) electrons. The highest BCUT2D eigenvalue weighted by Crippen LogP contribution is 2.27. The van der Waals surface area contributed by atoms with E-state index in [4.69, 9.17) is 11.6 Å². The van der Waals surface area contributed by atoms with E-state index in [1.54, 1.807) is 0 Å². The Morgan fingerprint density at radius 1 is 1.28 bits per heavy atom. The Hall–Kier alpha value is -0.570. The highest BCUT2D eigenvalue weighted by atomic mass is 35.5. The number of aliphatic hydroxyl groups is 1. The molecule has 1 aromatic rings. The second-order valence-corrected chi connectivity index (χ2v) is 5.59. The van der Waals surface area contributed by atoms with Crippen molar-refractivity contribution >= 4 is 11.6 Å². The van der Waals surface area contributed by atoms with Crippen LogP contribution in [0.1, 0.15) is 43.8 Å². The van der Waals surface area contributed by atoms with E-state index < -0.39 is 6.10 Å². The molecule has 1 aliphatic carbocycles. The molecule has 2 N–H and O–H groups in total. The van der Waals surface area contributed by atoms with E-state index in [0.717, 1.165) is 18.0 Å². The molecular weight excluding hydrogens is 246 g/mol. The van der Waals surface area contributed by atoms with Crippen molar-refractivity contribution in [3.05, 3.63) is 34.9 Å². The van der Waals surface area contributed by atoms with Crippen molar-refractivity contribution in [2.75, 3.05) is 13.1 Å². The minimum atomic E-state index is -0.512. The summed E-state index contributed by atoms with van der Waals surface area (Å²) in [6, 6.07) is 7.49. The Kier molecular flexibility index (Phi) is 5.48. The lowest BCUT2D eigenvalue weighted by atomic mass is 10.0. The molecule has 0 amide bonds. The van der Waals surface area contributed by atoms with Gasteiger partial charge in [-0.3, -0.25) is 0 Å². The van der Waals surface area contributed by atoms with E-state index in [2.05, 4.69) is 5.32 Å². The molecule has 3 heteroatoms. The summed E-state index contributed by atoms with van der Waals surface area (Å²) in [6.07, 6.45) is 6.28. The molecule has 0 heterocycles. The number of aliphatic hydroxyl groups excluding tert-OH is 1. The van der Waals surface area contributed by atoms with Crippen LogP contribution in [0.3, 0.4) is 0 Å². The molecule has 0 bridgehead atoms. The van der Waals surface area contributed by atoms with Crippen LogP contribution < -0.4 is 5.32 Å². The van der Waals surface area contributed by atoms with Gasteiger partial charge in [0.1, 0.15) is 0 Å². The van der Waals surface area contributed by atoms with Gasteiger partial charge in [-0.1, -0.05) is 55.5 Å². The van der Waals surface area contributed by atoms with Gasteiger partial charge < -0.3 is 10.4 Å². The van der Waals surface area contributed by atoms with E-state index in [1.807, 2.05) is 24.3 Å². The van der Waals surface area contributed by atoms with Crippen LogP contribution in [-0.2, 0) is 0 Å². The van der Waals surface area contributed by atoms with Gasteiger partial charge in [0.05, 0.1) is 6.10 Å². The minimum absolute atomic E-state index is 0.512. The molecule has 2 nitrogen and oxygen atoms in total. The minimum Gasteiger partial charge on any atom is -0.387 e. The first-order chi connectivity index (χ1) is 8.77. The van der Waals surface area contributed by atoms with Crippen LogP contribution in [0.4, 0.5) is 0 Å². The van der Waals surface area contributed by atoms with Crippen LogP contribution in [0, 0.1) is 5.92 Å². The van der Waals surface area contributed by atoms with Gasteiger partial charge in [0.15, 0.2) is 0 Å². The van der Waals surface area contributed by atoms with Gasteiger partial charge in [0.25, 0.3) is 0 Å². The Balaban J connectivity index is 1.68. The summed E-state index contributed by atoms with van der Waals surface area (Å²) in [5.74, 6) is 0.898. The van der Waals surface area contributed by atoms with Crippen molar-refractivity contribution in [2.45, 2.75) is 38.2 Å². The van der Waals surface area contributed by atoms with Gasteiger partial charge >= 0.3 is 0 Å². The molecule has 1 atom stereocenters.